The lowest BCUT2D eigenvalue weighted by Gasteiger charge is -2.23. The normalized spacial score (nSPS) is 18.3. The Morgan fingerprint density at radius 2 is 1.88 bits per heavy atom. The van der Waals surface area contributed by atoms with Crippen molar-refractivity contribution in [2.45, 2.75) is 43.7 Å². The van der Waals surface area contributed by atoms with Crippen LogP contribution in [0.1, 0.15) is 53.1 Å². The second kappa shape index (κ2) is 11.0. The Labute approximate surface area is 269 Å². The van der Waals surface area contributed by atoms with Crippen molar-refractivity contribution in [3.63, 3.8) is 0 Å². The number of amides is 1. The van der Waals surface area contributed by atoms with E-state index in [1.807, 2.05) is 0 Å². The van der Waals surface area contributed by atoms with Gasteiger partial charge in [-0.2, -0.15) is 13.9 Å². The second-order valence-corrected chi connectivity index (χ2v) is 12.7. The molecule has 0 saturated heterocycles. The van der Waals surface area contributed by atoms with E-state index in [0.717, 1.165) is 16.8 Å². The van der Waals surface area contributed by atoms with Gasteiger partial charge in [0, 0.05) is 30.2 Å². The summed E-state index contributed by atoms with van der Waals surface area (Å²) in [5.74, 6) is -8.18. The van der Waals surface area contributed by atoms with E-state index < -0.39 is 71.3 Å². The van der Waals surface area contributed by atoms with Gasteiger partial charge in [0.15, 0.2) is 5.65 Å². The average Bonchev–Trinajstić information content (AvgIpc) is 3.44. The summed E-state index contributed by atoms with van der Waals surface area (Å²) >= 11 is 1.32. The Morgan fingerprint density at radius 3 is 2.65 bits per heavy atom. The molecule has 1 amide bonds. The topological polar surface area (TPSA) is 108 Å². The number of nitrogens with zero attached hydrogens (tertiary/aromatic N) is 6. The molecule has 2 aromatic carbocycles. The van der Waals surface area contributed by atoms with E-state index >= 15 is 8.78 Å². The zero-order valence-corrected chi connectivity index (χ0v) is 25.2. The Morgan fingerprint density at radius 1 is 1.08 bits per heavy atom. The Kier molecular flexibility index (Phi) is 6.91. The first-order valence-corrected chi connectivity index (χ1v) is 15.6. The van der Waals surface area contributed by atoms with Crippen molar-refractivity contribution in [2.24, 2.45) is 5.92 Å². The molecule has 4 heterocycles. The van der Waals surface area contributed by atoms with Crippen LogP contribution < -0.4 is 10.9 Å². The van der Waals surface area contributed by atoms with Crippen molar-refractivity contribution in [1.82, 2.24) is 34.6 Å². The lowest BCUT2D eigenvalue weighted by Crippen LogP contribution is -2.38. The number of fused-ring (bicyclic) bond motifs is 5. The molecule has 1 saturated carbocycles. The zero-order chi connectivity index (χ0) is 33.5. The molecule has 16 heteroatoms. The fraction of sp³-hybridized carbons (Fsp3) is 0.250. The van der Waals surface area contributed by atoms with Gasteiger partial charge in [-0.05, 0) is 60.4 Å². The third-order valence-electron chi connectivity index (χ3n) is 8.71. The molecule has 3 atom stereocenters. The van der Waals surface area contributed by atoms with Gasteiger partial charge in [-0.3, -0.25) is 18.8 Å². The average molecular weight is 682 g/mol. The minimum absolute atomic E-state index is 0.0163. The maximum Gasteiger partial charge on any atom is 0.293 e. The lowest BCUT2D eigenvalue weighted by molar-refractivity contribution is -0.123. The molecule has 0 bridgehead atoms. The quantitative estimate of drug-likeness (QED) is 0.194. The summed E-state index contributed by atoms with van der Waals surface area (Å²) in [6, 6.07) is 9.49. The summed E-state index contributed by atoms with van der Waals surface area (Å²) in [6.07, 6.45) is -1.98. The van der Waals surface area contributed by atoms with E-state index in [0.29, 0.717) is 22.0 Å². The fourth-order valence-electron chi connectivity index (χ4n) is 6.63. The minimum atomic E-state index is -3.46. The number of benzene rings is 2. The highest BCUT2D eigenvalue weighted by Gasteiger charge is 2.67. The Hall–Kier alpha value is -5.12. The number of carbonyl (C=O) groups is 1. The number of alkyl halides is 4. The summed E-state index contributed by atoms with van der Waals surface area (Å²) in [7, 11) is 0. The Bertz CT molecular complexity index is 2320. The summed E-state index contributed by atoms with van der Waals surface area (Å²) in [5, 5.41) is 6.50. The number of halogens is 6. The molecule has 244 valence electrons. The van der Waals surface area contributed by atoms with Crippen LogP contribution in [0, 0.1) is 17.6 Å². The maximum atomic E-state index is 15.2. The first kappa shape index (κ1) is 30.2. The molecule has 4 aromatic heterocycles. The molecule has 2 aliphatic carbocycles. The van der Waals surface area contributed by atoms with Gasteiger partial charge in [0.1, 0.15) is 35.4 Å². The zero-order valence-electron chi connectivity index (χ0n) is 24.4. The smallest absolute Gasteiger partial charge is 0.293 e. The molecule has 0 unspecified atom stereocenters. The van der Waals surface area contributed by atoms with Crippen LogP contribution in [0.5, 0.6) is 0 Å². The number of hydrogen-bond acceptors (Lipinski definition) is 7. The van der Waals surface area contributed by atoms with Gasteiger partial charge in [0.05, 0.1) is 32.8 Å². The SMILES string of the molecule is O=C(Cn1nc(C(F)F)c2c1C(F)(F)[C@@H]1C[C@H]21)N[C@@H](Cc1cc(F)cc(F)c1)c1nc2ncccc2c(=O)n1-c1ccc2ncsc2c1. The van der Waals surface area contributed by atoms with Crippen molar-refractivity contribution in [1.29, 1.82) is 0 Å². The third-order valence-corrected chi connectivity index (χ3v) is 9.50. The van der Waals surface area contributed by atoms with Gasteiger partial charge >= 0.3 is 0 Å². The standard InChI is InChI=1S/C32H21F6N7O2S/c33-15-6-14(7-16(34)9-15)8-22(41-24(46)12-44-27-25(26(43-44)28(35)36)19-11-20(19)32(27,37)38)30-42-29-18(2-1-5-39-29)31(47)45(30)17-3-4-21-23(10-17)48-13-40-21/h1-7,9-10,13,19-20,22,28H,8,11-12H2,(H,41,46)/t19-,20+,22-/m0/s1. The fourth-order valence-corrected chi connectivity index (χ4v) is 7.34. The maximum absolute atomic E-state index is 15.2. The highest BCUT2D eigenvalue weighted by atomic mass is 32.1. The van der Waals surface area contributed by atoms with Crippen molar-refractivity contribution >= 4 is 38.5 Å². The number of pyridine rings is 1. The van der Waals surface area contributed by atoms with Crippen LogP contribution in [0.25, 0.3) is 26.9 Å². The van der Waals surface area contributed by atoms with Crippen LogP contribution >= 0.6 is 11.3 Å². The molecule has 0 spiro atoms. The monoisotopic (exact) mass is 681 g/mol. The molecule has 9 nitrogen and oxygen atoms in total. The predicted octanol–water partition coefficient (Wildman–Crippen LogP) is 6.11. The first-order valence-electron chi connectivity index (χ1n) is 14.7. The van der Waals surface area contributed by atoms with Gasteiger partial charge in [-0.1, -0.05) is 0 Å². The molecule has 1 N–H and O–H groups in total. The van der Waals surface area contributed by atoms with Crippen LogP contribution in [0.2, 0.25) is 0 Å². The molecule has 6 aromatic rings. The minimum Gasteiger partial charge on any atom is -0.344 e. The molecule has 0 aliphatic heterocycles. The number of hydrogen-bond donors (Lipinski definition) is 1. The number of thiazole rings is 1. The lowest BCUT2D eigenvalue weighted by atomic mass is 10.0. The number of rotatable bonds is 8. The summed E-state index contributed by atoms with van der Waals surface area (Å²) in [5.41, 5.74) is 0.409. The summed E-state index contributed by atoms with van der Waals surface area (Å²) < 4.78 is 89.3. The van der Waals surface area contributed by atoms with E-state index in [4.69, 9.17) is 0 Å². The third kappa shape index (κ3) is 4.93. The van der Waals surface area contributed by atoms with E-state index in [1.165, 1.54) is 28.2 Å². The van der Waals surface area contributed by atoms with Crippen molar-refractivity contribution < 1.29 is 31.1 Å². The molecule has 1 fully saturated rings. The molecule has 0 radical (unpaired) electrons. The molecule has 8 rings (SSSR count). The number of carbonyl (C=O) groups excluding carboxylic acids is 1. The van der Waals surface area contributed by atoms with Crippen LogP contribution in [-0.4, -0.2) is 35.2 Å². The summed E-state index contributed by atoms with van der Waals surface area (Å²) in [4.78, 5) is 40.7. The summed E-state index contributed by atoms with van der Waals surface area (Å²) in [6.45, 7) is -0.874. The van der Waals surface area contributed by atoms with Crippen molar-refractivity contribution in [3.05, 3.63) is 111 Å². The molecule has 48 heavy (non-hydrogen) atoms. The van der Waals surface area contributed by atoms with Gasteiger partial charge < -0.3 is 5.32 Å². The van der Waals surface area contributed by atoms with Gasteiger partial charge in [0.25, 0.3) is 17.9 Å². The van der Waals surface area contributed by atoms with Crippen LogP contribution in [0.3, 0.4) is 0 Å². The van der Waals surface area contributed by atoms with Crippen LogP contribution in [0.4, 0.5) is 26.3 Å². The van der Waals surface area contributed by atoms with E-state index in [1.54, 1.807) is 29.8 Å². The highest BCUT2D eigenvalue weighted by Crippen LogP contribution is 2.68. The largest absolute Gasteiger partial charge is 0.344 e. The Balaban J connectivity index is 1.25. The van der Waals surface area contributed by atoms with Gasteiger partial charge in [-0.15, -0.1) is 11.3 Å². The van der Waals surface area contributed by atoms with Gasteiger partial charge in [-0.25, -0.2) is 32.5 Å². The molecular formula is C32H21F6N7O2S. The van der Waals surface area contributed by atoms with E-state index in [2.05, 4.69) is 25.4 Å². The van der Waals surface area contributed by atoms with Gasteiger partial charge in [0.2, 0.25) is 5.91 Å². The molecular weight excluding hydrogens is 660 g/mol. The predicted molar refractivity (Wildman–Crippen MR) is 161 cm³/mol. The second-order valence-electron chi connectivity index (χ2n) is 11.8. The number of nitrogens with one attached hydrogen (secondary N) is 1. The highest BCUT2D eigenvalue weighted by molar-refractivity contribution is 7.16. The molecule has 2 aliphatic rings. The van der Waals surface area contributed by atoms with Crippen molar-refractivity contribution in [3.8, 4) is 5.69 Å². The van der Waals surface area contributed by atoms with Crippen LogP contribution in [0.15, 0.2) is 65.0 Å². The van der Waals surface area contributed by atoms with E-state index in [-0.39, 0.29) is 40.8 Å². The van der Waals surface area contributed by atoms with E-state index in [9.17, 15) is 27.2 Å². The van der Waals surface area contributed by atoms with Crippen molar-refractivity contribution in [2.75, 3.05) is 0 Å². The number of aromatic nitrogens is 6. The van der Waals surface area contributed by atoms with Crippen LogP contribution in [-0.2, 0) is 23.7 Å². The first-order chi connectivity index (χ1) is 23.0.